The van der Waals surface area contributed by atoms with Crippen molar-refractivity contribution in [3.8, 4) is 11.5 Å². The molecule has 0 aromatic carbocycles. The number of pyridine rings is 2. The van der Waals surface area contributed by atoms with E-state index in [0.717, 1.165) is 11.3 Å². The molecule has 4 nitrogen and oxygen atoms in total. The Balaban J connectivity index is 2.15. The molecule has 0 unspecified atom stereocenters. The Kier molecular flexibility index (Phi) is 4.57. The summed E-state index contributed by atoms with van der Waals surface area (Å²) in [5.74, 6) is 1.36. The molecule has 0 atom stereocenters. The van der Waals surface area contributed by atoms with Crippen molar-refractivity contribution in [1.29, 1.82) is 0 Å². The van der Waals surface area contributed by atoms with Gasteiger partial charge in [-0.1, -0.05) is 11.6 Å². The second kappa shape index (κ2) is 6.20. The molecule has 1 N–H and O–H groups in total. The number of nitrogens with one attached hydrogen (secondary N) is 1. The molecular formula is C15H18ClN3O. The van der Waals surface area contributed by atoms with Crippen molar-refractivity contribution in [2.45, 2.75) is 32.9 Å². The minimum atomic E-state index is 0.0325. The highest BCUT2D eigenvalue weighted by molar-refractivity contribution is 6.30. The molecule has 0 aliphatic heterocycles. The Morgan fingerprint density at radius 1 is 1.20 bits per heavy atom. The lowest BCUT2D eigenvalue weighted by molar-refractivity contribution is 0.413. The van der Waals surface area contributed by atoms with Gasteiger partial charge in [0.05, 0.1) is 11.2 Å². The molecule has 20 heavy (non-hydrogen) atoms. The van der Waals surface area contributed by atoms with E-state index in [1.54, 1.807) is 30.9 Å². The minimum absolute atomic E-state index is 0.0325. The number of ether oxygens (including phenoxy) is 1. The van der Waals surface area contributed by atoms with Gasteiger partial charge in [0, 0.05) is 42.3 Å². The van der Waals surface area contributed by atoms with Crippen molar-refractivity contribution in [2.75, 3.05) is 0 Å². The smallest absolute Gasteiger partial charge is 0.147 e. The second-order valence-corrected chi connectivity index (χ2v) is 5.96. The Hall–Kier alpha value is -1.65. The third kappa shape index (κ3) is 4.47. The summed E-state index contributed by atoms with van der Waals surface area (Å²) in [7, 11) is 0. The Morgan fingerprint density at radius 3 is 2.70 bits per heavy atom. The molecule has 2 rings (SSSR count). The SMILES string of the molecule is CC(C)(C)NCc1cnccc1Oc1cncc(Cl)c1. The lowest BCUT2D eigenvalue weighted by Crippen LogP contribution is -2.35. The number of hydrogen-bond acceptors (Lipinski definition) is 4. The zero-order valence-corrected chi connectivity index (χ0v) is 12.6. The molecule has 0 spiro atoms. The van der Waals surface area contributed by atoms with Gasteiger partial charge in [-0.05, 0) is 26.8 Å². The Labute approximate surface area is 124 Å². The monoisotopic (exact) mass is 291 g/mol. The zero-order valence-electron chi connectivity index (χ0n) is 11.9. The molecular weight excluding hydrogens is 274 g/mol. The van der Waals surface area contributed by atoms with E-state index in [0.29, 0.717) is 17.3 Å². The maximum absolute atomic E-state index is 5.90. The standard InChI is InChI=1S/C15H18ClN3O/c1-15(2,3)19-8-11-7-17-5-4-14(11)20-13-6-12(16)9-18-10-13/h4-7,9-10,19H,8H2,1-3H3. The molecule has 0 radical (unpaired) electrons. The first kappa shape index (κ1) is 14.8. The van der Waals surface area contributed by atoms with Crippen LogP contribution in [0.3, 0.4) is 0 Å². The first-order valence-electron chi connectivity index (χ1n) is 6.40. The fourth-order valence-corrected chi connectivity index (χ4v) is 1.75. The van der Waals surface area contributed by atoms with Crippen LogP contribution >= 0.6 is 11.6 Å². The highest BCUT2D eigenvalue weighted by Gasteiger charge is 2.11. The topological polar surface area (TPSA) is 47.0 Å². The first-order valence-corrected chi connectivity index (χ1v) is 6.78. The van der Waals surface area contributed by atoms with Crippen molar-refractivity contribution in [2.24, 2.45) is 0 Å². The summed E-state index contributed by atoms with van der Waals surface area (Å²) in [6.45, 7) is 7.03. The summed E-state index contributed by atoms with van der Waals surface area (Å²) >= 11 is 5.90. The Morgan fingerprint density at radius 2 is 2.00 bits per heavy atom. The van der Waals surface area contributed by atoms with Crippen LogP contribution in [0.25, 0.3) is 0 Å². The van der Waals surface area contributed by atoms with Crippen LogP contribution in [0, 0.1) is 0 Å². The summed E-state index contributed by atoms with van der Waals surface area (Å²) in [6, 6.07) is 3.57. The molecule has 5 heteroatoms. The molecule has 0 saturated heterocycles. The van der Waals surface area contributed by atoms with Crippen molar-refractivity contribution in [1.82, 2.24) is 15.3 Å². The number of halogens is 1. The van der Waals surface area contributed by atoms with E-state index in [1.165, 1.54) is 0 Å². The van der Waals surface area contributed by atoms with Crippen molar-refractivity contribution >= 4 is 11.6 Å². The molecule has 0 saturated carbocycles. The average Bonchev–Trinajstić information content (AvgIpc) is 2.37. The van der Waals surface area contributed by atoms with Gasteiger partial charge in [0.1, 0.15) is 11.5 Å². The molecule has 0 bridgehead atoms. The highest BCUT2D eigenvalue weighted by Crippen LogP contribution is 2.26. The molecule has 0 aliphatic rings. The predicted octanol–water partition coefficient (Wildman–Crippen LogP) is 3.81. The maximum Gasteiger partial charge on any atom is 0.147 e. The number of hydrogen-bond donors (Lipinski definition) is 1. The van der Waals surface area contributed by atoms with E-state index < -0.39 is 0 Å². The second-order valence-electron chi connectivity index (χ2n) is 5.53. The lowest BCUT2D eigenvalue weighted by atomic mass is 10.1. The molecule has 2 aromatic rings. The third-order valence-electron chi connectivity index (χ3n) is 2.58. The quantitative estimate of drug-likeness (QED) is 0.930. The van der Waals surface area contributed by atoms with Crippen LogP contribution in [0.2, 0.25) is 5.02 Å². The summed E-state index contributed by atoms with van der Waals surface area (Å²) in [6.07, 6.45) is 6.70. The summed E-state index contributed by atoms with van der Waals surface area (Å²) < 4.78 is 5.83. The van der Waals surface area contributed by atoms with Gasteiger partial charge in [-0.3, -0.25) is 9.97 Å². The molecule has 2 heterocycles. The van der Waals surface area contributed by atoms with E-state index in [2.05, 4.69) is 36.1 Å². The van der Waals surface area contributed by atoms with Gasteiger partial charge in [0.15, 0.2) is 0 Å². The third-order valence-corrected chi connectivity index (χ3v) is 2.78. The minimum Gasteiger partial charge on any atom is -0.455 e. The van der Waals surface area contributed by atoms with E-state index in [1.807, 2.05) is 6.07 Å². The molecule has 0 aliphatic carbocycles. The summed E-state index contributed by atoms with van der Waals surface area (Å²) in [4.78, 5) is 8.15. The van der Waals surface area contributed by atoms with Crippen LogP contribution in [0.15, 0.2) is 36.9 Å². The Bertz CT molecular complexity index is 581. The maximum atomic E-state index is 5.90. The van der Waals surface area contributed by atoms with E-state index in [4.69, 9.17) is 16.3 Å². The van der Waals surface area contributed by atoms with Crippen LogP contribution in [0.1, 0.15) is 26.3 Å². The van der Waals surface area contributed by atoms with E-state index in [-0.39, 0.29) is 5.54 Å². The van der Waals surface area contributed by atoms with Gasteiger partial charge in [0.2, 0.25) is 0 Å². The van der Waals surface area contributed by atoms with Crippen LogP contribution in [0.4, 0.5) is 0 Å². The van der Waals surface area contributed by atoms with Gasteiger partial charge in [-0.2, -0.15) is 0 Å². The lowest BCUT2D eigenvalue weighted by Gasteiger charge is -2.21. The largest absolute Gasteiger partial charge is 0.455 e. The first-order chi connectivity index (χ1) is 9.44. The van der Waals surface area contributed by atoms with Gasteiger partial charge in [-0.15, -0.1) is 0 Å². The van der Waals surface area contributed by atoms with Gasteiger partial charge < -0.3 is 10.1 Å². The van der Waals surface area contributed by atoms with Gasteiger partial charge >= 0.3 is 0 Å². The molecule has 106 valence electrons. The van der Waals surface area contributed by atoms with Crippen LogP contribution in [-0.2, 0) is 6.54 Å². The zero-order chi connectivity index (χ0) is 14.6. The van der Waals surface area contributed by atoms with Gasteiger partial charge in [-0.25, -0.2) is 0 Å². The van der Waals surface area contributed by atoms with Crippen molar-refractivity contribution in [3.05, 3.63) is 47.5 Å². The van der Waals surface area contributed by atoms with Gasteiger partial charge in [0.25, 0.3) is 0 Å². The fourth-order valence-electron chi connectivity index (χ4n) is 1.58. The summed E-state index contributed by atoms with van der Waals surface area (Å²) in [5.41, 5.74) is 1.02. The molecule has 0 fully saturated rings. The number of nitrogens with zero attached hydrogens (tertiary/aromatic N) is 2. The van der Waals surface area contributed by atoms with Crippen LogP contribution < -0.4 is 10.1 Å². The van der Waals surface area contributed by atoms with E-state index >= 15 is 0 Å². The predicted molar refractivity (Wildman–Crippen MR) is 80.2 cm³/mol. The molecule has 0 amide bonds. The normalized spacial score (nSPS) is 11.4. The van der Waals surface area contributed by atoms with Crippen molar-refractivity contribution < 1.29 is 4.74 Å². The number of aromatic nitrogens is 2. The fraction of sp³-hybridized carbons (Fsp3) is 0.333. The highest BCUT2D eigenvalue weighted by atomic mass is 35.5. The van der Waals surface area contributed by atoms with E-state index in [9.17, 15) is 0 Å². The number of rotatable bonds is 4. The van der Waals surface area contributed by atoms with Crippen LogP contribution in [-0.4, -0.2) is 15.5 Å². The van der Waals surface area contributed by atoms with Crippen molar-refractivity contribution in [3.63, 3.8) is 0 Å². The molecule has 2 aromatic heterocycles. The summed E-state index contributed by atoms with van der Waals surface area (Å²) in [5, 5.41) is 3.96. The average molecular weight is 292 g/mol. The van der Waals surface area contributed by atoms with Crippen LogP contribution in [0.5, 0.6) is 11.5 Å².